The summed E-state index contributed by atoms with van der Waals surface area (Å²) in [7, 11) is 0. The van der Waals surface area contributed by atoms with Gasteiger partial charge in [-0.1, -0.05) is 0 Å². The van der Waals surface area contributed by atoms with Gasteiger partial charge in [-0.3, -0.25) is 4.79 Å². The molecule has 1 aliphatic heterocycles. The van der Waals surface area contributed by atoms with E-state index in [0.717, 1.165) is 0 Å². The Kier molecular flexibility index (Phi) is 1.18. The van der Waals surface area contributed by atoms with Gasteiger partial charge in [-0.2, -0.15) is 0 Å². The van der Waals surface area contributed by atoms with Crippen LogP contribution in [0.2, 0.25) is 0 Å². The average Bonchev–Trinajstić information content (AvgIpc) is 2.28. The van der Waals surface area contributed by atoms with E-state index >= 15 is 0 Å². The second-order valence-electron chi connectivity index (χ2n) is 2.40. The zero-order chi connectivity index (χ0) is 8.72. The fraction of sp³-hybridized carbons (Fsp3) is 0. The van der Waals surface area contributed by atoms with Crippen LogP contribution in [0.3, 0.4) is 0 Å². The maximum Gasteiger partial charge on any atom is 0.385 e. The van der Waals surface area contributed by atoms with Gasteiger partial charge in [0, 0.05) is 6.07 Å². The number of esters is 1. The lowest BCUT2D eigenvalue weighted by atomic mass is 10.1. The molecule has 0 aliphatic carbocycles. The van der Waals surface area contributed by atoms with Crippen LogP contribution in [-0.2, 0) is 4.79 Å². The van der Waals surface area contributed by atoms with Crippen LogP contribution in [0.1, 0.15) is 10.4 Å². The van der Waals surface area contributed by atoms with E-state index in [2.05, 4.69) is 4.74 Å². The number of fused-ring (bicyclic) bond motifs is 1. The van der Waals surface area contributed by atoms with Gasteiger partial charge in [0.2, 0.25) is 0 Å². The standard InChI is InChI=1S/C8H4O4/c9-4-1-2-5-6(3-4)12-8(11)7(5)10/h1-3,9H. The number of phenols is 1. The van der Waals surface area contributed by atoms with Gasteiger partial charge in [0.15, 0.2) is 0 Å². The lowest BCUT2D eigenvalue weighted by molar-refractivity contribution is -0.128. The van der Waals surface area contributed by atoms with Crippen molar-refractivity contribution in [1.82, 2.24) is 0 Å². The number of benzene rings is 1. The quantitative estimate of drug-likeness (QED) is 0.344. The van der Waals surface area contributed by atoms with Crippen molar-refractivity contribution in [1.29, 1.82) is 0 Å². The zero-order valence-electron chi connectivity index (χ0n) is 5.90. The second kappa shape index (κ2) is 2.07. The van der Waals surface area contributed by atoms with Crippen LogP contribution in [0.15, 0.2) is 18.2 Å². The van der Waals surface area contributed by atoms with Crippen LogP contribution in [0.5, 0.6) is 11.5 Å². The fourth-order valence-corrected chi connectivity index (χ4v) is 1.04. The van der Waals surface area contributed by atoms with Crippen LogP contribution in [-0.4, -0.2) is 16.9 Å². The number of hydrogen-bond donors (Lipinski definition) is 1. The molecule has 1 N–H and O–H groups in total. The number of hydrogen-bond acceptors (Lipinski definition) is 4. The summed E-state index contributed by atoms with van der Waals surface area (Å²) >= 11 is 0. The molecule has 1 aromatic carbocycles. The average molecular weight is 164 g/mol. The molecule has 2 rings (SSSR count). The highest BCUT2D eigenvalue weighted by Gasteiger charge is 2.30. The monoisotopic (exact) mass is 164 g/mol. The summed E-state index contributed by atoms with van der Waals surface area (Å²) in [6.07, 6.45) is 0. The minimum Gasteiger partial charge on any atom is -0.508 e. The highest BCUT2D eigenvalue weighted by atomic mass is 16.5. The predicted octanol–water partition coefficient (Wildman–Crippen LogP) is 0.494. The first-order valence-corrected chi connectivity index (χ1v) is 3.28. The van der Waals surface area contributed by atoms with Crippen LogP contribution < -0.4 is 4.74 Å². The van der Waals surface area contributed by atoms with Crippen molar-refractivity contribution in [2.45, 2.75) is 0 Å². The summed E-state index contributed by atoms with van der Waals surface area (Å²) in [5.41, 5.74) is 0.206. The van der Waals surface area contributed by atoms with E-state index in [1.807, 2.05) is 0 Å². The van der Waals surface area contributed by atoms with E-state index in [4.69, 9.17) is 5.11 Å². The van der Waals surface area contributed by atoms with Gasteiger partial charge in [-0.05, 0) is 12.1 Å². The summed E-state index contributed by atoms with van der Waals surface area (Å²) < 4.78 is 4.55. The minimum absolute atomic E-state index is 0.0312. The lowest BCUT2D eigenvalue weighted by Gasteiger charge is -1.94. The van der Waals surface area contributed by atoms with Gasteiger partial charge in [-0.15, -0.1) is 0 Å². The summed E-state index contributed by atoms with van der Waals surface area (Å²) in [6, 6.07) is 3.93. The van der Waals surface area contributed by atoms with E-state index in [9.17, 15) is 9.59 Å². The Hall–Kier alpha value is -1.84. The largest absolute Gasteiger partial charge is 0.508 e. The molecule has 1 aromatic rings. The van der Waals surface area contributed by atoms with Crippen molar-refractivity contribution in [3.8, 4) is 11.5 Å². The third kappa shape index (κ3) is 0.780. The van der Waals surface area contributed by atoms with Gasteiger partial charge >= 0.3 is 5.97 Å². The summed E-state index contributed by atoms with van der Waals surface area (Å²) in [5, 5.41) is 8.97. The molecule has 4 nitrogen and oxygen atoms in total. The van der Waals surface area contributed by atoms with Crippen molar-refractivity contribution in [3.63, 3.8) is 0 Å². The number of carbonyl (C=O) groups is 2. The van der Waals surface area contributed by atoms with Crippen molar-refractivity contribution in [2.24, 2.45) is 0 Å². The third-order valence-corrected chi connectivity index (χ3v) is 1.60. The Labute approximate surface area is 67.4 Å². The highest BCUT2D eigenvalue weighted by molar-refractivity contribution is 6.44. The first-order valence-electron chi connectivity index (χ1n) is 3.28. The minimum atomic E-state index is -0.893. The Balaban J connectivity index is 2.62. The van der Waals surface area contributed by atoms with Crippen LogP contribution in [0.4, 0.5) is 0 Å². The smallest absolute Gasteiger partial charge is 0.385 e. The Morgan fingerprint density at radius 1 is 1.25 bits per heavy atom. The normalized spacial score (nSPS) is 14.3. The van der Waals surface area contributed by atoms with Crippen molar-refractivity contribution < 1.29 is 19.4 Å². The maximum absolute atomic E-state index is 11.0. The molecular weight excluding hydrogens is 160 g/mol. The molecule has 0 atom stereocenters. The zero-order valence-corrected chi connectivity index (χ0v) is 5.90. The van der Waals surface area contributed by atoms with Gasteiger partial charge in [0.25, 0.3) is 5.78 Å². The summed E-state index contributed by atoms with van der Waals surface area (Å²) in [6.45, 7) is 0. The molecule has 4 heteroatoms. The molecule has 0 saturated carbocycles. The molecule has 0 fully saturated rings. The summed E-state index contributed by atoms with van der Waals surface area (Å²) in [5.74, 6) is -1.46. The van der Waals surface area contributed by atoms with E-state index < -0.39 is 11.8 Å². The molecule has 0 saturated heterocycles. The molecule has 1 heterocycles. The highest BCUT2D eigenvalue weighted by Crippen LogP contribution is 2.29. The van der Waals surface area contributed by atoms with Crippen LogP contribution >= 0.6 is 0 Å². The van der Waals surface area contributed by atoms with Crippen molar-refractivity contribution >= 4 is 11.8 Å². The molecule has 1 aliphatic rings. The number of Topliss-reactive ketones (excluding diaryl/α,β-unsaturated/α-hetero) is 1. The van der Waals surface area contributed by atoms with Crippen molar-refractivity contribution in [2.75, 3.05) is 0 Å². The third-order valence-electron chi connectivity index (χ3n) is 1.60. The van der Waals surface area contributed by atoms with Gasteiger partial charge in [-0.25, -0.2) is 4.79 Å². The molecule has 0 aromatic heterocycles. The number of aromatic hydroxyl groups is 1. The van der Waals surface area contributed by atoms with Gasteiger partial charge < -0.3 is 9.84 Å². The lowest BCUT2D eigenvalue weighted by Crippen LogP contribution is -2.10. The van der Waals surface area contributed by atoms with E-state index in [1.54, 1.807) is 0 Å². The fourth-order valence-electron chi connectivity index (χ4n) is 1.04. The van der Waals surface area contributed by atoms with E-state index in [-0.39, 0.29) is 17.1 Å². The van der Waals surface area contributed by atoms with Crippen LogP contribution in [0.25, 0.3) is 0 Å². The maximum atomic E-state index is 11.0. The van der Waals surface area contributed by atoms with Gasteiger partial charge in [0.1, 0.15) is 11.5 Å². The molecule has 12 heavy (non-hydrogen) atoms. The number of carbonyl (C=O) groups excluding carboxylic acids is 2. The molecular formula is C8H4O4. The topological polar surface area (TPSA) is 63.6 Å². The molecule has 0 bridgehead atoms. The molecule has 0 amide bonds. The first-order chi connectivity index (χ1) is 5.68. The van der Waals surface area contributed by atoms with E-state index in [1.165, 1.54) is 18.2 Å². The summed E-state index contributed by atoms with van der Waals surface area (Å²) in [4.78, 5) is 21.6. The Morgan fingerprint density at radius 3 is 2.75 bits per heavy atom. The molecule has 60 valence electrons. The molecule has 0 radical (unpaired) electrons. The number of phenolic OH excluding ortho intramolecular Hbond substituents is 1. The van der Waals surface area contributed by atoms with E-state index in [0.29, 0.717) is 0 Å². The Morgan fingerprint density at radius 2 is 2.00 bits per heavy atom. The first kappa shape index (κ1) is 6.84. The molecule has 0 unspecified atom stereocenters. The van der Waals surface area contributed by atoms with Gasteiger partial charge in [0.05, 0.1) is 5.56 Å². The van der Waals surface area contributed by atoms with Crippen LogP contribution in [0, 0.1) is 0 Å². The predicted molar refractivity (Wildman–Crippen MR) is 38.1 cm³/mol. The van der Waals surface area contributed by atoms with Crippen molar-refractivity contribution in [3.05, 3.63) is 23.8 Å². The number of rotatable bonds is 0. The number of ether oxygens (including phenoxy) is 1. The molecule has 0 spiro atoms. The SMILES string of the molecule is O=C1Oc2cc(O)ccc2C1=O. The second-order valence-corrected chi connectivity index (χ2v) is 2.40. The number of ketones is 1. The Bertz CT molecular complexity index is 381.